The van der Waals surface area contributed by atoms with Gasteiger partial charge in [-0.15, -0.1) is 12.4 Å². The number of rotatable bonds is 5. The van der Waals surface area contributed by atoms with Crippen LogP contribution in [0, 0.1) is 12.8 Å². The van der Waals surface area contributed by atoms with Gasteiger partial charge in [-0.2, -0.15) is 0 Å². The Hall–Kier alpha value is -0.530. The number of halogens is 2. The van der Waals surface area contributed by atoms with Crippen LogP contribution in [0.1, 0.15) is 31.2 Å². The molecular formula is C15H24Cl2N2O3S. The summed E-state index contributed by atoms with van der Waals surface area (Å²) in [6.07, 6.45) is 3.91. The van der Waals surface area contributed by atoms with Gasteiger partial charge in [-0.25, -0.2) is 13.1 Å². The third kappa shape index (κ3) is 4.73. The fraction of sp³-hybridized carbons (Fsp3) is 0.600. The zero-order valence-corrected chi connectivity index (χ0v) is 15.7. The van der Waals surface area contributed by atoms with Crippen molar-refractivity contribution in [3.8, 4) is 5.75 Å². The minimum Gasteiger partial charge on any atom is -0.495 e. The Kier molecular flexibility index (Phi) is 7.61. The highest BCUT2D eigenvalue weighted by molar-refractivity contribution is 7.89. The molecule has 0 aromatic heterocycles. The molecule has 0 aliphatic heterocycles. The zero-order valence-electron chi connectivity index (χ0n) is 13.3. The van der Waals surface area contributed by atoms with Crippen LogP contribution >= 0.6 is 24.0 Å². The summed E-state index contributed by atoms with van der Waals surface area (Å²) in [7, 11) is -2.13. The quantitative estimate of drug-likeness (QED) is 0.819. The van der Waals surface area contributed by atoms with Crippen LogP contribution in [-0.4, -0.2) is 28.1 Å². The van der Waals surface area contributed by atoms with Crippen LogP contribution in [0.3, 0.4) is 0 Å². The molecular weight excluding hydrogens is 359 g/mol. The molecule has 23 heavy (non-hydrogen) atoms. The van der Waals surface area contributed by atoms with Crippen LogP contribution in [0.15, 0.2) is 17.0 Å². The Morgan fingerprint density at radius 1 is 1.35 bits per heavy atom. The van der Waals surface area contributed by atoms with Gasteiger partial charge in [0.25, 0.3) is 0 Å². The van der Waals surface area contributed by atoms with Crippen LogP contribution in [0.25, 0.3) is 0 Å². The average Bonchev–Trinajstić information content (AvgIpc) is 2.49. The molecule has 1 saturated carbocycles. The van der Waals surface area contributed by atoms with Gasteiger partial charge in [-0.1, -0.05) is 24.4 Å². The molecule has 3 N–H and O–H groups in total. The molecule has 0 heterocycles. The van der Waals surface area contributed by atoms with Gasteiger partial charge >= 0.3 is 0 Å². The molecule has 0 saturated heterocycles. The Morgan fingerprint density at radius 2 is 2.00 bits per heavy atom. The van der Waals surface area contributed by atoms with Crippen molar-refractivity contribution in [2.45, 2.75) is 43.5 Å². The number of nitrogens with one attached hydrogen (secondary N) is 1. The first-order chi connectivity index (χ1) is 10.4. The minimum atomic E-state index is -3.63. The van der Waals surface area contributed by atoms with Crippen LogP contribution < -0.4 is 15.2 Å². The second-order valence-electron chi connectivity index (χ2n) is 5.76. The molecule has 1 fully saturated rings. The number of benzene rings is 1. The van der Waals surface area contributed by atoms with Crippen molar-refractivity contribution in [3.05, 3.63) is 22.7 Å². The highest BCUT2D eigenvalue weighted by atomic mass is 35.5. The van der Waals surface area contributed by atoms with Gasteiger partial charge in [-0.05, 0) is 49.9 Å². The van der Waals surface area contributed by atoms with Gasteiger partial charge in [0.15, 0.2) is 0 Å². The van der Waals surface area contributed by atoms with E-state index in [1.54, 1.807) is 13.0 Å². The molecule has 0 spiro atoms. The number of ether oxygens (including phenoxy) is 1. The van der Waals surface area contributed by atoms with E-state index in [1.807, 2.05) is 0 Å². The van der Waals surface area contributed by atoms with E-state index >= 15 is 0 Å². The molecule has 0 amide bonds. The number of hydrogen-bond acceptors (Lipinski definition) is 4. The third-order valence-electron chi connectivity index (χ3n) is 4.26. The SMILES string of the molecule is COc1cc(C)c(S(=O)(=O)NC2CCCCC2CN)cc1Cl.Cl. The highest BCUT2D eigenvalue weighted by Gasteiger charge is 2.29. The summed E-state index contributed by atoms with van der Waals surface area (Å²) in [6, 6.07) is 2.97. The molecule has 0 radical (unpaired) electrons. The monoisotopic (exact) mass is 382 g/mol. The van der Waals surface area contributed by atoms with Crippen molar-refractivity contribution in [3.63, 3.8) is 0 Å². The maximum Gasteiger partial charge on any atom is 0.241 e. The fourth-order valence-corrected chi connectivity index (χ4v) is 4.89. The van der Waals surface area contributed by atoms with Crippen molar-refractivity contribution >= 4 is 34.0 Å². The van der Waals surface area contributed by atoms with E-state index in [0.29, 0.717) is 17.9 Å². The molecule has 132 valence electrons. The summed E-state index contributed by atoms with van der Waals surface area (Å²) in [5, 5.41) is 0.285. The van der Waals surface area contributed by atoms with E-state index in [4.69, 9.17) is 22.1 Å². The normalized spacial score (nSPS) is 21.6. The lowest BCUT2D eigenvalue weighted by Crippen LogP contribution is -2.44. The lowest BCUT2D eigenvalue weighted by Gasteiger charge is -2.31. The Balaban J connectivity index is 0.00000264. The summed E-state index contributed by atoms with van der Waals surface area (Å²) >= 11 is 6.07. The van der Waals surface area contributed by atoms with Crippen molar-refractivity contribution in [1.82, 2.24) is 4.72 Å². The van der Waals surface area contributed by atoms with Crippen molar-refractivity contribution in [2.75, 3.05) is 13.7 Å². The number of hydrogen-bond donors (Lipinski definition) is 2. The molecule has 2 atom stereocenters. The molecule has 0 bridgehead atoms. The Morgan fingerprint density at radius 3 is 2.61 bits per heavy atom. The van der Waals surface area contributed by atoms with E-state index in [1.165, 1.54) is 13.2 Å². The summed E-state index contributed by atoms with van der Waals surface area (Å²) in [6.45, 7) is 2.23. The van der Waals surface area contributed by atoms with E-state index in [9.17, 15) is 8.42 Å². The fourth-order valence-electron chi connectivity index (χ4n) is 2.99. The molecule has 1 aromatic carbocycles. The van der Waals surface area contributed by atoms with Crippen LogP contribution in [0.4, 0.5) is 0 Å². The minimum absolute atomic E-state index is 0. The van der Waals surface area contributed by atoms with Crippen LogP contribution in [-0.2, 0) is 10.0 Å². The number of methoxy groups -OCH3 is 1. The second-order valence-corrected chi connectivity index (χ2v) is 7.85. The molecule has 8 heteroatoms. The van der Waals surface area contributed by atoms with Crippen molar-refractivity contribution in [2.24, 2.45) is 11.7 Å². The summed E-state index contributed by atoms with van der Waals surface area (Å²) in [5.74, 6) is 0.660. The zero-order chi connectivity index (χ0) is 16.3. The number of sulfonamides is 1. The summed E-state index contributed by atoms with van der Waals surface area (Å²) in [4.78, 5) is 0.194. The van der Waals surface area contributed by atoms with E-state index in [-0.39, 0.29) is 34.3 Å². The van der Waals surface area contributed by atoms with Crippen LogP contribution in [0.5, 0.6) is 5.75 Å². The Labute approximate surface area is 149 Å². The molecule has 2 rings (SSSR count). The van der Waals surface area contributed by atoms with E-state index in [2.05, 4.69) is 4.72 Å². The van der Waals surface area contributed by atoms with E-state index in [0.717, 1.165) is 25.7 Å². The standard InChI is InChI=1S/C15H23ClN2O3S.ClH/c1-10-7-14(21-2)12(16)8-15(10)22(19,20)18-13-6-4-3-5-11(13)9-17;/h7-8,11,13,18H,3-6,9,17H2,1-2H3;1H. The van der Waals surface area contributed by atoms with Gasteiger partial charge in [0.2, 0.25) is 10.0 Å². The first kappa shape index (κ1) is 20.5. The highest BCUT2D eigenvalue weighted by Crippen LogP contribution is 2.31. The van der Waals surface area contributed by atoms with Crippen molar-refractivity contribution in [1.29, 1.82) is 0 Å². The predicted molar refractivity (Wildman–Crippen MR) is 95.1 cm³/mol. The largest absolute Gasteiger partial charge is 0.495 e. The van der Waals surface area contributed by atoms with E-state index < -0.39 is 10.0 Å². The number of nitrogens with two attached hydrogens (primary N) is 1. The summed E-state index contributed by atoms with van der Waals surface area (Å²) < 4.78 is 33.3. The van der Waals surface area contributed by atoms with Gasteiger partial charge < -0.3 is 10.5 Å². The van der Waals surface area contributed by atoms with Gasteiger partial charge in [0.1, 0.15) is 5.75 Å². The molecule has 1 aromatic rings. The lowest BCUT2D eigenvalue weighted by molar-refractivity contribution is 0.296. The third-order valence-corrected chi connectivity index (χ3v) is 6.18. The van der Waals surface area contributed by atoms with Gasteiger partial charge in [-0.3, -0.25) is 0 Å². The molecule has 1 aliphatic rings. The first-order valence-electron chi connectivity index (χ1n) is 7.45. The molecule has 2 unspecified atom stereocenters. The predicted octanol–water partition coefficient (Wildman–Crippen LogP) is 2.87. The first-order valence-corrected chi connectivity index (χ1v) is 9.31. The topological polar surface area (TPSA) is 81.4 Å². The summed E-state index contributed by atoms with van der Waals surface area (Å²) in [5.41, 5.74) is 6.38. The van der Waals surface area contributed by atoms with Gasteiger partial charge in [0, 0.05) is 6.04 Å². The number of aryl methyl sites for hydroxylation is 1. The Bertz CT molecular complexity index is 638. The maximum absolute atomic E-state index is 12.7. The van der Waals surface area contributed by atoms with Crippen molar-refractivity contribution < 1.29 is 13.2 Å². The lowest BCUT2D eigenvalue weighted by atomic mass is 9.85. The van der Waals surface area contributed by atoms with Gasteiger partial charge in [0.05, 0.1) is 17.0 Å². The molecule has 1 aliphatic carbocycles. The molecule has 5 nitrogen and oxygen atoms in total. The van der Waals surface area contributed by atoms with Crippen LogP contribution in [0.2, 0.25) is 5.02 Å². The second kappa shape index (κ2) is 8.53. The maximum atomic E-state index is 12.7. The average molecular weight is 383 g/mol. The smallest absolute Gasteiger partial charge is 0.241 e.